The number of hydrogen-bond acceptors (Lipinski definition) is 4. The molecule has 2 fully saturated rings. The van der Waals surface area contributed by atoms with Crippen LogP contribution in [-0.2, 0) is 9.53 Å². The molecule has 1 aliphatic carbocycles. The summed E-state index contributed by atoms with van der Waals surface area (Å²) in [5.74, 6) is -0.629. The molecule has 1 saturated heterocycles. The van der Waals surface area contributed by atoms with E-state index in [1.165, 1.54) is 0 Å². The fourth-order valence-electron chi connectivity index (χ4n) is 2.82. The lowest BCUT2D eigenvalue weighted by atomic mass is 10.1. The Bertz CT molecular complexity index is 408. The Balaban J connectivity index is 1.96. The topological polar surface area (TPSA) is 99.1 Å². The zero-order chi connectivity index (χ0) is 15.6. The van der Waals surface area contributed by atoms with Gasteiger partial charge in [-0.15, -0.1) is 0 Å². The smallest absolute Gasteiger partial charge is 0.317 e. The molecule has 1 saturated carbocycles. The maximum atomic E-state index is 12.4. The number of carbonyl (C=O) groups excluding carboxylic acids is 1. The number of nitrogens with one attached hydrogen (secondary N) is 1. The molecule has 0 aromatic carbocycles. The molecule has 7 nitrogen and oxygen atoms in total. The molecule has 0 radical (unpaired) electrons. The molecule has 1 aliphatic heterocycles. The van der Waals surface area contributed by atoms with Crippen LogP contribution in [0.1, 0.15) is 33.1 Å². The summed E-state index contributed by atoms with van der Waals surface area (Å²) in [5, 5.41) is 21.0. The van der Waals surface area contributed by atoms with Gasteiger partial charge in [0.05, 0.1) is 37.8 Å². The molecule has 2 atom stereocenters. The summed E-state index contributed by atoms with van der Waals surface area (Å²) in [4.78, 5) is 24.8. The van der Waals surface area contributed by atoms with Gasteiger partial charge in [0.2, 0.25) is 0 Å². The van der Waals surface area contributed by atoms with E-state index < -0.39 is 17.7 Å². The predicted octanol–water partition coefficient (Wildman–Crippen LogP) is 0.421. The average Bonchev–Trinajstić information content (AvgIpc) is 3.19. The number of morpholine rings is 1. The number of carbonyl (C=O) groups is 2. The SMILES string of the molecule is CC1(C)CN(C(=O)NC(CC(=O)O)C2CC2)CC(CO)O1. The van der Waals surface area contributed by atoms with Gasteiger partial charge in [-0.2, -0.15) is 0 Å². The first-order chi connectivity index (χ1) is 9.80. The van der Waals surface area contributed by atoms with Crippen LogP contribution in [-0.4, -0.2) is 64.6 Å². The lowest BCUT2D eigenvalue weighted by Crippen LogP contribution is -2.59. The van der Waals surface area contributed by atoms with Gasteiger partial charge in [-0.1, -0.05) is 0 Å². The first kappa shape index (κ1) is 16.0. The standard InChI is InChI=1S/C14H24N2O5/c1-14(2)8-16(6-10(7-17)21-14)13(20)15-11(5-12(18)19)9-3-4-9/h9-11,17H,3-8H2,1-2H3,(H,15,20)(H,18,19). The summed E-state index contributed by atoms with van der Waals surface area (Å²) >= 11 is 0. The van der Waals surface area contributed by atoms with Gasteiger partial charge in [0.25, 0.3) is 0 Å². The first-order valence-electron chi connectivity index (χ1n) is 7.36. The highest BCUT2D eigenvalue weighted by molar-refractivity contribution is 5.76. The van der Waals surface area contributed by atoms with Crippen molar-refractivity contribution in [3.63, 3.8) is 0 Å². The molecule has 0 aromatic rings. The van der Waals surface area contributed by atoms with Crippen molar-refractivity contribution in [3.05, 3.63) is 0 Å². The molecule has 2 amide bonds. The molecule has 21 heavy (non-hydrogen) atoms. The maximum absolute atomic E-state index is 12.4. The van der Waals surface area contributed by atoms with Crippen molar-refractivity contribution in [2.75, 3.05) is 19.7 Å². The fraction of sp³-hybridized carbons (Fsp3) is 0.857. The molecule has 3 N–H and O–H groups in total. The Morgan fingerprint density at radius 1 is 1.43 bits per heavy atom. The van der Waals surface area contributed by atoms with Crippen molar-refractivity contribution in [3.8, 4) is 0 Å². The van der Waals surface area contributed by atoms with Crippen molar-refractivity contribution < 1.29 is 24.5 Å². The summed E-state index contributed by atoms with van der Waals surface area (Å²) in [6.07, 6.45) is 1.48. The summed E-state index contributed by atoms with van der Waals surface area (Å²) < 4.78 is 5.67. The molecule has 0 spiro atoms. The highest BCUT2D eigenvalue weighted by atomic mass is 16.5. The van der Waals surface area contributed by atoms with Crippen LogP contribution in [0.15, 0.2) is 0 Å². The Labute approximate surface area is 124 Å². The van der Waals surface area contributed by atoms with Gasteiger partial charge in [0.15, 0.2) is 0 Å². The van der Waals surface area contributed by atoms with Crippen LogP contribution in [0.2, 0.25) is 0 Å². The second kappa shape index (κ2) is 6.19. The molecular weight excluding hydrogens is 276 g/mol. The molecule has 0 aromatic heterocycles. The van der Waals surface area contributed by atoms with Gasteiger partial charge in [-0.05, 0) is 32.6 Å². The van der Waals surface area contributed by atoms with Crippen molar-refractivity contribution >= 4 is 12.0 Å². The quantitative estimate of drug-likeness (QED) is 0.683. The minimum absolute atomic E-state index is 0.0480. The lowest BCUT2D eigenvalue weighted by Gasteiger charge is -2.42. The van der Waals surface area contributed by atoms with E-state index in [9.17, 15) is 14.7 Å². The van der Waals surface area contributed by atoms with Crippen LogP contribution in [0.4, 0.5) is 4.79 Å². The van der Waals surface area contributed by atoms with Crippen molar-refractivity contribution in [1.29, 1.82) is 0 Å². The first-order valence-corrected chi connectivity index (χ1v) is 7.36. The van der Waals surface area contributed by atoms with Crippen LogP contribution in [0.3, 0.4) is 0 Å². The second-order valence-corrected chi connectivity index (χ2v) is 6.55. The van der Waals surface area contributed by atoms with Gasteiger partial charge in [0, 0.05) is 6.04 Å². The van der Waals surface area contributed by atoms with Crippen LogP contribution in [0.25, 0.3) is 0 Å². The molecule has 0 bridgehead atoms. The van der Waals surface area contributed by atoms with Gasteiger partial charge in [-0.3, -0.25) is 4.79 Å². The predicted molar refractivity (Wildman–Crippen MR) is 74.9 cm³/mol. The van der Waals surface area contributed by atoms with E-state index in [2.05, 4.69) is 5.32 Å². The second-order valence-electron chi connectivity index (χ2n) is 6.55. The highest BCUT2D eigenvalue weighted by Crippen LogP contribution is 2.34. The van der Waals surface area contributed by atoms with Crippen LogP contribution < -0.4 is 5.32 Å². The van der Waals surface area contributed by atoms with Gasteiger partial charge in [-0.25, -0.2) is 4.79 Å². The largest absolute Gasteiger partial charge is 0.481 e. The van der Waals surface area contributed by atoms with E-state index in [0.29, 0.717) is 13.1 Å². The average molecular weight is 300 g/mol. The van der Waals surface area contributed by atoms with Crippen LogP contribution >= 0.6 is 0 Å². The van der Waals surface area contributed by atoms with Gasteiger partial charge < -0.3 is 25.2 Å². The van der Waals surface area contributed by atoms with Crippen molar-refractivity contribution in [1.82, 2.24) is 10.2 Å². The summed E-state index contributed by atoms with van der Waals surface area (Å²) in [6.45, 7) is 4.32. The summed E-state index contributed by atoms with van der Waals surface area (Å²) in [6, 6.07) is -0.587. The molecular formula is C14H24N2O5. The van der Waals surface area contributed by atoms with Gasteiger partial charge >= 0.3 is 12.0 Å². The number of aliphatic carboxylic acids is 1. The fourth-order valence-corrected chi connectivity index (χ4v) is 2.82. The third-order valence-electron chi connectivity index (χ3n) is 3.87. The number of aliphatic hydroxyl groups excluding tert-OH is 1. The number of rotatable bonds is 5. The molecule has 1 heterocycles. The molecule has 7 heteroatoms. The molecule has 120 valence electrons. The number of urea groups is 1. The highest BCUT2D eigenvalue weighted by Gasteiger charge is 2.38. The minimum atomic E-state index is -0.900. The third kappa shape index (κ3) is 4.57. The number of aliphatic hydroxyl groups is 1. The molecule has 2 rings (SSSR count). The zero-order valence-corrected chi connectivity index (χ0v) is 12.5. The monoisotopic (exact) mass is 300 g/mol. The van der Waals surface area contributed by atoms with Crippen molar-refractivity contribution in [2.45, 2.75) is 50.9 Å². The minimum Gasteiger partial charge on any atom is -0.481 e. The van der Waals surface area contributed by atoms with E-state index in [1.54, 1.807) is 4.90 Å². The number of nitrogens with zero attached hydrogens (tertiary/aromatic N) is 1. The van der Waals surface area contributed by atoms with E-state index >= 15 is 0 Å². The zero-order valence-electron chi connectivity index (χ0n) is 12.5. The van der Waals surface area contributed by atoms with Crippen LogP contribution in [0, 0.1) is 5.92 Å². The van der Waals surface area contributed by atoms with E-state index in [-0.39, 0.29) is 31.0 Å². The Hall–Kier alpha value is -1.34. The summed E-state index contributed by atoms with van der Waals surface area (Å²) in [5.41, 5.74) is -0.523. The van der Waals surface area contributed by atoms with Crippen molar-refractivity contribution in [2.24, 2.45) is 5.92 Å². The number of amides is 2. The summed E-state index contributed by atoms with van der Waals surface area (Å²) in [7, 11) is 0. The third-order valence-corrected chi connectivity index (χ3v) is 3.87. The maximum Gasteiger partial charge on any atom is 0.317 e. The number of carboxylic acids is 1. The number of hydrogen-bond donors (Lipinski definition) is 3. The van der Waals surface area contributed by atoms with E-state index in [4.69, 9.17) is 9.84 Å². The van der Waals surface area contributed by atoms with E-state index in [0.717, 1.165) is 12.8 Å². The molecule has 2 aliphatic rings. The van der Waals surface area contributed by atoms with Crippen LogP contribution in [0.5, 0.6) is 0 Å². The Morgan fingerprint density at radius 3 is 2.62 bits per heavy atom. The molecule has 2 unspecified atom stereocenters. The lowest BCUT2D eigenvalue weighted by molar-refractivity contribution is -0.139. The number of carboxylic acid groups (broad SMARTS) is 1. The number of ether oxygens (including phenoxy) is 1. The Morgan fingerprint density at radius 2 is 2.10 bits per heavy atom. The van der Waals surface area contributed by atoms with Gasteiger partial charge in [0.1, 0.15) is 0 Å². The Kier molecular flexibility index (Phi) is 4.73. The normalized spacial score (nSPS) is 26.2. The van der Waals surface area contributed by atoms with E-state index in [1.807, 2.05) is 13.8 Å².